The van der Waals surface area contributed by atoms with E-state index in [1.165, 1.54) is 0 Å². The minimum Gasteiger partial charge on any atom is -0.395 e. The lowest BCUT2D eigenvalue weighted by Crippen LogP contribution is -2.54. The molecule has 0 rings (SSSR count). The van der Waals surface area contributed by atoms with Crippen LogP contribution in [0.5, 0.6) is 0 Å². The molecule has 11 heavy (non-hydrogen) atoms. The summed E-state index contributed by atoms with van der Waals surface area (Å²) in [4.78, 5) is 1.99. The van der Waals surface area contributed by atoms with Gasteiger partial charge in [-0.15, -0.1) is 0 Å². The molecule has 0 aliphatic heterocycles. The number of nitrogens with one attached hydrogen (secondary N) is 1. The van der Waals surface area contributed by atoms with Gasteiger partial charge in [0.1, 0.15) is 6.29 Å². The van der Waals surface area contributed by atoms with Gasteiger partial charge in [-0.1, -0.05) is 6.92 Å². The van der Waals surface area contributed by atoms with Gasteiger partial charge in [-0.25, -0.2) is 0 Å². The zero-order chi connectivity index (χ0) is 8.85. The van der Waals surface area contributed by atoms with E-state index in [2.05, 4.69) is 5.32 Å². The average Bonchev–Trinajstić information content (AvgIpc) is 2.05. The molecule has 0 aliphatic carbocycles. The van der Waals surface area contributed by atoms with Gasteiger partial charge in [0.05, 0.1) is 6.61 Å². The van der Waals surface area contributed by atoms with Crippen LogP contribution in [0.15, 0.2) is 0 Å². The summed E-state index contributed by atoms with van der Waals surface area (Å²) in [6, 6.07) is 0.113. The molecule has 0 unspecified atom stereocenters. The van der Waals surface area contributed by atoms with Gasteiger partial charge >= 0.3 is 0 Å². The van der Waals surface area contributed by atoms with E-state index in [-0.39, 0.29) is 18.9 Å². The lowest BCUT2D eigenvalue weighted by Gasteiger charge is -2.31. The number of likely N-dealkylation sites (N-methyl/N-ethyl adjacent to an activating group) is 1. The first-order valence-corrected chi connectivity index (χ1v) is 3.96. The van der Waals surface area contributed by atoms with Crippen LogP contribution in [0.4, 0.5) is 0 Å². The normalized spacial score (nSPS) is 16.9. The van der Waals surface area contributed by atoms with Gasteiger partial charge in [0.15, 0.2) is 0 Å². The molecule has 0 aromatic rings. The molecule has 0 heterocycles. The number of hydrogen-bond donors (Lipinski definition) is 3. The second-order valence-corrected chi connectivity index (χ2v) is 2.60. The summed E-state index contributed by atoms with van der Waals surface area (Å²) in [5.41, 5.74) is 5.71. The Kier molecular flexibility index (Phi) is 5.41. The van der Waals surface area contributed by atoms with Gasteiger partial charge in [0.2, 0.25) is 0 Å². The highest BCUT2D eigenvalue weighted by atomic mass is 16.3. The fraction of sp³-hybridized carbons (Fsp3) is 1.00. The molecule has 0 amide bonds. The van der Waals surface area contributed by atoms with Crippen LogP contribution >= 0.6 is 0 Å². The van der Waals surface area contributed by atoms with E-state index < -0.39 is 0 Å². The molecule has 0 saturated heterocycles. The van der Waals surface area contributed by atoms with Crippen molar-refractivity contribution in [3.63, 3.8) is 0 Å². The van der Waals surface area contributed by atoms with Gasteiger partial charge in [0, 0.05) is 6.04 Å². The highest BCUT2D eigenvalue weighted by molar-refractivity contribution is 4.67. The number of nitrogens with two attached hydrogens (primary N) is 1. The molecule has 4 nitrogen and oxygen atoms in total. The van der Waals surface area contributed by atoms with Gasteiger partial charge in [-0.05, 0) is 20.5 Å². The average molecular weight is 161 g/mol. The van der Waals surface area contributed by atoms with Crippen LogP contribution in [0, 0.1) is 0 Å². The van der Waals surface area contributed by atoms with Crippen LogP contribution in [-0.2, 0) is 0 Å². The van der Waals surface area contributed by atoms with Crippen LogP contribution in [0.3, 0.4) is 0 Å². The zero-order valence-corrected chi connectivity index (χ0v) is 7.54. The van der Waals surface area contributed by atoms with Crippen LogP contribution < -0.4 is 11.1 Å². The molecule has 4 heteroatoms. The van der Waals surface area contributed by atoms with Crippen molar-refractivity contribution in [1.29, 1.82) is 0 Å². The first-order chi connectivity index (χ1) is 5.17. The standard InChI is InChI=1S/C7H19N3O/c1-4-10(6(2)5-11)7(8)9-3/h6-7,9,11H,4-5,8H2,1-3H3/t6-,7+/m0/s1. The van der Waals surface area contributed by atoms with E-state index in [9.17, 15) is 0 Å². The van der Waals surface area contributed by atoms with E-state index in [0.717, 1.165) is 6.54 Å². The molecule has 68 valence electrons. The molecule has 0 aliphatic rings. The quantitative estimate of drug-likeness (QED) is 0.460. The van der Waals surface area contributed by atoms with Crippen LogP contribution in [0.2, 0.25) is 0 Å². The van der Waals surface area contributed by atoms with Gasteiger partial charge < -0.3 is 10.8 Å². The second kappa shape index (κ2) is 5.49. The summed E-state index contributed by atoms with van der Waals surface area (Å²) < 4.78 is 0. The molecule has 0 spiro atoms. The van der Waals surface area contributed by atoms with Crippen molar-refractivity contribution in [2.75, 3.05) is 20.2 Å². The number of nitrogens with zero attached hydrogens (tertiary/aromatic N) is 1. The van der Waals surface area contributed by atoms with Crippen molar-refractivity contribution in [1.82, 2.24) is 10.2 Å². The van der Waals surface area contributed by atoms with E-state index >= 15 is 0 Å². The second-order valence-electron chi connectivity index (χ2n) is 2.60. The maximum absolute atomic E-state index is 8.86. The third-order valence-corrected chi connectivity index (χ3v) is 1.85. The number of rotatable bonds is 5. The smallest absolute Gasteiger partial charge is 0.111 e. The van der Waals surface area contributed by atoms with Crippen LogP contribution in [-0.4, -0.2) is 42.5 Å². The van der Waals surface area contributed by atoms with E-state index in [4.69, 9.17) is 10.8 Å². The first kappa shape index (κ1) is 10.8. The monoisotopic (exact) mass is 161 g/mol. The largest absolute Gasteiger partial charge is 0.395 e. The molecule has 0 bridgehead atoms. The predicted molar refractivity (Wildman–Crippen MR) is 46.0 cm³/mol. The Bertz CT molecular complexity index is 89.7. The molecular formula is C7H19N3O. The summed E-state index contributed by atoms with van der Waals surface area (Å²) in [5.74, 6) is 0. The van der Waals surface area contributed by atoms with Crippen LogP contribution in [0.1, 0.15) is 13.8 Å². The Morgan fingerprint density at radius 1 is 1.64 bits per heavy atom. The maximum atomic E-state index is 8.86. The molecular weight excluding hydrogens is 142 g/mol. The predicted octanol–water partition coefficient (Wildman–Crippen LogP) is -0.849. The molecule has 4 N–H and O–H groups in total. The number of hydrogen-bond acceptors (Lipinski definition) is 4. The Labute approximate surface area is 68.4 Å². The van der Waals surface area contributed by atoms with Gasteiger partial charge in [-0.2, -0.15) is 0 Å². The maximum Gasteiger partial charge on any atom is 0.111 e. The zero-order valence-electron chi connectivity index (χ0n) is 7.54. The molecule has 0 aromatic carbocycles. The van der Waals surface area contributed by atoms with Gasteiger partial charge in [-0.3, -0.25) is 10.2 Å². The summed E-state index contributed by atoms with van der Waals surface area (Å²) in [5, 5.41) is 11.8. The highest BCUT2D eigenvalue weighted by Gasteiger charge is 2.15. The molecule has 0 fully saturated rings. The minimum atomic E-state index is -0.165. The minimum absolute atomic E-state index is 0.113. The van der Waals surface area contributed by atoms with Crippen molar-refractivity contribution >= 4 is 0 Å². The third kappa shape index (κ3) is 3.16. The third-order valence-electron chi connectivity index (χ3n) is 1.85. The number of aliphatic hydroxyl groups is 1. The molecule has 2 atom stereocenters. The Morgan fingerprint density at radius 3 is 2.45 bits per heavy atom. The van der Waals surface area contributed by atoms with E-state index in [0.29, 0.717) is 0 Å². The number of aliphatic hydroxyl groups excluding tert-OH is 1. The topological polar surface area (TPSA) is 61.5 Å². The summed E-state index contributed by atoms with van der Waals surface area (Å²) >= 11 is 0. The first-order valence-electron chi connectivity index (χ1n) is 3.96. The Hall–Kier alpha value is -0.160. The van der Waals surface area contributed by atoms with Crippen molar-refractivity contribution in [2.24, 2.45) is 5.73 Å². The molecule has 0 aromatic heterocycles. The lowest BCUT2D eigenvalue weighted by atomic mass is 10.3. The van der Waals surface area contributed by atoms with Crippen molar-refractivity contribution in [3.8, 4) is 0 Å². The van der Waals surface area contributed by atoms with Crippen molar-refractivity contribution < 1.29 is 5.11 Å². The SMILES string of the molecule is CCN([C@H](N)NC)[C@@H](C)CO. The summed E-state index contributed by atoms with van der Waals surface area (Å²) in [6.07, 6.45) is -0.165. The van der Waals surface area contributed by atoms with Crippen molar-refractivity contribution in [2.45, 2.75) is 26.2 Å². The molecule has 0 saturated carbocycles. The fourth-order valence-corrected chi connectivity index (χ4v) is 1.05. The summed E-state index contributed by atoms with van der Waals surface area (Å²) in [7, 11) is 1.80. The van der Waals surface area contributed by atoms with Gasteiger partial charge in [0.25, 0.3) is 0 Å². The highest BCUT2D eigenvalue weighted by Crippen LogP contribution is 1.97. The Morgan fingerprint density at radius 2 is 2.18 bits per heavy atom. The fourth-order valence-electron chi connectivity index (χ4n) is 1.05. The summed E-state index contributed by atoms with van der Waals surface area (Å²) in [6.45, 7) is 4.94. The van der Waals surface area contributed by atoms with E-state index in [1.54, 1.807) is 7.05 Å². The van der Waals surface area contributed by atoms with Crippen molar-refractivity contribution in [3.05, 3.63) is 0 Å². The van der Waals surface area contributed by atoms with Crippen LogP contribution in [0.25, 0.3) is 0 Å². The Balaban J connectivity index is 3.92. The van der Waals surface area contributed by atoms with E-state index in [1.807, 2.05) is 18.7 Å². The molecule has 0 radical (unpaired) electrons. The lowest BCUT2D eigenvalue weighted by molar-refractivity contribution is 0.0883.